The molecule has 0 saturated heterocycles. The average Bonchev–Trinajstić information content (AvgIpc) is 2.27. The smallest absolute Gasteiger partial charge is 0.0633 e. The second-order valence-electron chi connectivity index (χ2n) is 4.53. The maximum atomic E-state index is 2.36. The van der Waals surface area contributed by atoms with Crippen LogP contribution in [0.25, 0.3) is 0 Å². The number of aryl methyl sites for hydroxylation is 2. The molecule has 82 valence electrons. The molecule has 0 N–H and O–H groups in total. The first-order chi connectivity index (χ1) is 7.66. The minimum atomic E-state index is -0.306. The topological polar surface area (TPSA) is 0 Å². The predicted molar refractivity (Wildman–Crippen MR) is 74.9 cm³/mol. The lowest BCUT2D eigenvalue weighted by Crippen LogP contribution is -2.29. The zero-order valence-corrected chi connectivity index (χ0v) is 11.7. The maximum absolute atomic E-state index is 2.36. The second-order valence-corrected chi connectivity index (χ2v) is 6.46. The van der Waals surface area contributed by atoms with E-state index in [1.807, 2.05) is 0 Å². The molecular weight excluding hydrogens is 208 g/mol. The molecule has 0 fully saturated rings. The van der Waals surface area contributed by atoms with Crippen molar-refractivity contribution >= 4 is 19.9 Å². The lowest BCUT2D eigenvalue weighted by Gasteiger charge is -2.10. The Hall–Kier alpha value is -1.34. The number of hydrogen-bond acceptors (Lipinski definition) is 0. The van der Waals surface area contributed by atoms with E-state index in [2.05, 4.69) is 63.2 Å². The summed E-state index contributed by atoms with van der Waals surface area (Å²) in [6.07, 6.45) is 0. The van der Waals surface area contributed by atoms with Crippen LogP contribution in [0.4, 0.5) is 0 Å². The molecular formula is C15H18Si. The lowest BCUT2D eigenvalue weighted by atomic mass is 10.1. The Morgan fingerprint density at radius 3 is 2.25 bits per heavy atom. The molecule has 2 aromatic rings. The van der Waals surface area contributed by atoms with Gasteiger partial charge in [0.05, 0.1) is 9.52 Å². The molecule has 0 spiro atoms. The molecule has 0 bridgehead atoms. The monoisotopic (exact) mass is 226 g/mol. The van der Waals surface area contributed by atoms with Gasteiger partial charge in [-0.25, -0.2) is 0 Å². The molecule has 0 radical (unpaired) electrons. The summed E-state index contributed by atoms with van der Waals surface area (Å²) in [5.74, 6) is 0. The molecule has 0 unspecified atom stereocenters. The molecule has 0 amide bonds. The van der Waals surface area contributed by atoms with E-state index in [-0.39, 0.29) is 9.52 Å². The van der Waals surface area contributed by atoms with Crippen LogP contribution in [0.2, 0.25) is 0 Å². The predicted octanol–water partition coefficient (Wildman–Crippen LogP) is 1.73. The van der Waals surface area contributed by atoms with Gasteiger partial charge in [0.25, 0.3) is 0 Å². The van der Waals surface area contributed by atoms with Gasteiger partial charge in [0.1, 0.15) is 0 Å². The van der Waals surface area contributed by atoms with E-state index in [9.17, 15) is 0 Å². The van der Waals surface area contributed by atoms with E-state index in [0.29, 0.717) is 0 Å². The summed E-state index contributed by atoms with van der Waals surface area (Å²) in [5.41, 5.74) is 4.31. The molecule has 0 aromatic heterocycles. The minimum absolute atomic E-state index is 0.306. The number of rotatable bonds is 2. The third-order valence-corrected chi connectivity index (χ3v) is 5.15. The number of benzene rings is 2. The maximum Gasteiger partial charge on any atom is 0.0878 e. The standard InChI is InChI=1S/C15H18Si/c1-11-9-12(2)13(3)15(10-11)16-14-7-5-4-6-8-14/h4-10H,16H2,1-3H3. The molecule has 2 aromatic carbocycles. The zero-order valence-electron chi connectivity index (χ0n) is 10.2. The fourth-order valence-electron chi connectivity index (χ4n) is 2.13. The van der Waals surface area contributed by atoms with E-state index >= 15 is 0 Å². The summed E-state index contributed by atoms with van der Waals surface area (Å²) in [7, 11) is -0.306. The van der Waals surface area contributed by atoms with Gasteiger partial charge in [0, 0.05) is 0 Å². The quantitative estimate of drug-likeness (QED) is 0.684. The van der Waals surface area contributed by atoms with Crippen LogP contribution in [0.15, 0.2) is 42.5 Å². The van der Waals surface area contributed by atoms with Crippen LogP contribution in [0.1, 0.15) is 16.7 Å². The van der Waals surface area contributed by atoms with Crippen LogP contribution in [0, 0.1) is 20.8 Å². The highest BCUT2D eigenvalue weighted by atomic mass is 28.2. The molecule has 0 nitrogen and oxygen atoms in total. The van der Waals surface area contributed by atoms with Gasteiger partial charge in [-0.2, -0.15) is 0 Å². The van der Waals surface area contributed by atoms with Crippen LogP contribution < -0.4 is 10.4 Å². The summed E-state index contributed by atoms with van der Waals surface area (Å²) in [6.45, 7) is 6.65. The van der Waals surface area contributed by atoms with Crippen molar-refractivity contribution in [3.8, 4) is 0 Å². The first-order valence-corrected chi connectivity index (χ1v) is 7.19. The average molecular weight is 226 g/mol. The van der Waals surface area contributed by atoms with Crippen molar-refractivity contribution in [3.63, 3.8) is 0 Å². The van der Waals surface area contributed by atoms with Crippen molar-refractivity contribution in [2.24, 2.45) is 0 Å². The highest BCUT2D eigenvalue weighted by Crippen LogP contribution is 2.06. The summed E-state index contributed by atoms with van der Waals surface area (Å²) in [5, 5.41) is 3.11. The Morgan fingerprint density at radius 2 is 1.56 bits per heavy atom. The van der Waals surface area contributed by atoms with E-state index in [4.69, 9.17) is 0 Å². The summed E-state index contributed by atoms with van der Waals surface area (Å²) in [4.78, 5) is 0. The molecule has 0 aliphatic rings. The van der Waals surface area contributed by atoms with Gasteiger partial charge < -0.3 is 0 Å². The highest BCUT2D eigenvalue weighted by molar-refractivity contribution is 6.67. The first kappa shape index (κ1) is 11.2. The molecule has 16 heavy (non-hydrogen) atoms. The fraction of sp³-hybridized carbons (Fsp3) is 0.200. The van der Waals surface area contributed by atoms with Crippen LogP contribution in [-0.2, 0) is 0 Å². The number of hydrogen-bond donors (Lipinski definition) is 0. The molecule has 1 heteroatoms. The molecule has 0 aliphatic heterocycles. The van der Waals surface area contributed by atoms with Gasteiger partial charge in [-0.1, -0.05) is 58.4 Å². The normalized spacial score (nSPS) is 11.2. The van der Waals surface area contributed by atoms with Crippen LogP contribution in [0.5, 0.6) is 0 Å². The third-order valence-electron chi connectivity index (χ3n) is 3.16. The molecule has 2 rings (SSSR count). The van der Waals surface area contributed by atoms with Crippen molar-refractivity contribution in [2.75, 3.05) is 0 Å². The molecule has 0 aliphatic carbocycles. The Labute approximate surface area is 100 Å². The van der Waals surface area contributed by atoms with E-state index in [1.54, 1.807) is 5.19 Å². The molecule has 0 atom stereocenters. The lowest BCUT2D eigenvalue weighted by molar-refractivity contribution is 1.32. The highest BCUT2D eigenvalue weighted by Gasteiger charge is 2.04. The Balaban J connectivity index is 2.35. The first-order valence-electron chi connectivity index (χ1n) is 5.77. The van der Waals surface area contributed by atoms with Crippen molar-refractivity contribution in [1.82, 2.24) is 0 Å². The van der Waals surface area contributed by atoms with Gasteiger partial charge in [0.2, 0.25) is 0 Å². The largest absolute Gasteiger partial charge is 0.0878 e. The summed E-state index contributed by atoms with van der Waals surface area (Å²) in [6, 6.07) is 15.5. The summed E-state index contributed by atoms with van der Waals surface area (Å²) < 4.78 is 0. The fourth-order valence-corrected chi connectivity index (χ4v) is 4.04. The van der Waals surface area contributed by atoms with Crippen LogP contribution in [0.3, 0.4) is 0 Å². The van der Waals surface area contributed by atoms with Crippen molar-refractivity contribution < 1.29 is 0 Å². The van der Waals surface area contributed by atoms with Crippen LogP contribution in [-0.4, -0.2) is 9.52 Å². The van der Waals surface area contributed by atoms with Gasteiger partial charge in [-0.3, -0.25) is 0 Å². The zero-order chi connectivity index (χ0) is 11.5. The Kier molecular flexibility index (Phi) is 3.25. The van der Waals surface area contributed by atoms with E-state index in [0.717, 1.165) is 0 Å². The third kappa shape index (κ3) is 2.42. The van der Waals surface area contributed by atoms with E-state index in [1.165, 1.54) is 21.9 Å². The minimum Gasteiger partial charge on any atom is -0.0633 e. The van der Waals surface area contributed by atoms with Gasteiger partial charge in [-0.05, 0) is 31.9 Å². The summed E-state index contributed by atoms with van der Waals surface area (Å²) >= 11 is 0. The van der Waals surface area contributed by atoms with Gasteiger partial charge in [-0.15, -0.1) is 0 Å². The molecule has 0 heterocycles. The molecule has 0 saturated carbocycles. The van der Waals surface area contributed by atoms with Crippen molar-refractivity contribution in [2.45, 2.75) is 20.8 Å². The Morgan fingerprint density at radius 1 is 0.875 bits per heavy atom. The van der Waals surface area contributed by atoms with Crippen molar-refractivity contribution in [3.05, 3.63) is 59.2 Å². The van der Waals surface area contributed by atoms with Gasteiger partial charge >= 0.3 is 0 Å². The van der Waals surface area contributed by atoms with Crippen LogP contribution >= 0.6 is 0 Å². The van der Waals surface area contributed by atoms with Gasteiger partial charge in [0.15, 0.2) is 0 Å². The Bertz CT molecular complexity index is 486. The second kappa shape index (κ2) is 4.66. The SMILES string of the molecule is Cc1cc(C)c(C)c([SiH2]c2ccccc2)c1. The van der Waals surface area contributed by atoms with E-state index < -0.39 is 0 Å². The van der Waals surface area contributed by atoms with Crippen molar-refractivity contribution in [1.29, 1.82) is 0 Å².